The molecule has 1 aromatic carbocycles. The molecule has 0 aliphatic carbocycles. The van der Waals surface area contributed by atoms with E-state index in [1.807, 2.05) is 19.1 Å². The normalized spacial score (nSPS) is 10.8. The minimum absolute atomic E-state index is 0.418. The van der Waals surface area contributed by atoms with E-state index in [-0.39, 0.29) is 0 Å². The van der Waals surface area contributed by atoms with Crippen molar-refractivity contribution >= 4 is 0 Å². The lowest BCUT2D eigenvalue weighted by atomic mass is 10.0. The van der Waals surface area contributed by atoms with E-state index in [9.17, 15) is 5.11 Å². The van der Waals surface area contributed by atoms with E-state index >= 15 is 0 Å². The molecule has 1 heteroatoms. The lowest BCUT2D eigenvalue weighted by Gasteiger charge is -2.06. The molecule has 0 saturated carbocycles. The number of phenols is 1. The van der Waals surface area contributed by atoms with Gasteiger partial charge in [-0.2, -0.15) is 0 Å². The summed E-state index contributed by atoms with van der Waals surface area (Å²) in [6.07, 6.45) is 2.24. The summed E-state index contributed by atoms with van der Waals surface area (Å²) in [4.78, 5) is 0. The van der Waals surface area contributed by atoms with Crippen molar-refractivity contribution in [3.05, 3.63) is 29.3 Å². The Morgan fingerprint density at radius 1 is 1.31 bits per heavy atom. The number of rotatable bonds is 3. The second-order valence-corrected chi connectivity index (χ2v) is 4.05. The van der Waals surface area contributed by atoms with Gasteiger partial charge in [-0.15, -0.1) is 0 Å². The molecule has 0 amide bonds. The lowest BCUT2D eigenvalue weighted by Crippen LogP contribution is -1.92. The third-order valence-electron chi connectivity index (χ3n) is 2.28. The van der Waals surface area contributed by atoms with Crippen molar-refractivity contribution in [3.8, 4) is 5.75 Å². The van der Waals surface area contributed by atoms with Gasteiger partial charge in [0.05, 0.1) is 0 Å². The first kappa shape index (κ1) is 10.1. The molecule has 0 aromatic heterocycles. The maximum absolute atomic E-state index is 9.47. The molecule has 1 N–H and O–H groups in total. The molecule has 1 rings (SSSR count). The molecule has 0 unspecified atom stereocenters. The minimum Gasteiger partial charge on any atom is -0.508 e. The zero-order chi connectivity index (χ0) is 9.84. The van der Waals surface area contributed by atoms with E-state index in [0.717, 1.165) is 17.9 Å². The van der Waals surface area contributed by atoms with Crippen LogP contribution in [0.4, 0.5) is 0 Å². The van der Waals surface area contributed by atoms with Crippen LogP contribution >= 0.6 is 0 Å². The Morgan fingerprint density at radius 2 is 2.00 bits per heavy atom. The largest absolute Gasteiger partial charge is 0.508 e. The topological polar surface area (TPSA) is 20.2 Å². The molecule has 0 spiro atoms. The zero-order valence-electron chi connectivity index (χ0n) is 8.67. The maximum Gasteiger partial charge on any atom is 0.118 e. The van der Waals surface area contributed by atoms with E-state index in [2.05, 4.69) is 19.9 Å². The number of aryl methyl sites for hydroxylation is 2. The summed E-state index contributed by atoms with van der Waals surface area (Å²) in [6.45, 7) is 6.35. The number of hydrogen-bond acceptors (Lipinski definition) is 1. The summed E-state index contributed by atoms with van der Waals surface area (Å²) in [5.41, 5.74) is 2.19. The van der Waals surface area contributed by atoms with Gasteiger partial charge in [-0.05, 0) is 42.9 Å². The Kier molecular flexibility index (Phi) is 3.35. The highest BCUT2D eigenvalue weighted by Crippen LogP contribution is 2.19. The van der Waals surface area contributed by atoms with Crippen LogP contribution in [0.25, 0.3) is 0 Å². The highest BCUT2D eigenvalue weighted by molar-refractivity contribution is 5.35. The number of hydrogen-bond donors (Lipinski definition) is 1. The van der Waals surface area contributed by atoms with Gasteiger partial charge in [0.1, 0.15) is 5.75 Å². The molecule has 0 radical (unpaired) electrons. The number of benzene rings is 1. The predicted octanol–water partition coefficient (Wildman–Crippen LogP) is 3.29. The minimum atomic E-state index is 0.418. The summed E-state index contributed by atoms with van der Waals surface area (Å²) in [6, 6.07) is 5.94. The van der Waals surface area contributed by atoms with Crippen molar-refractivity contribution in [3.63, 3.8) is 0 Å². The van der Waals surface area contributed by atoms with Crippen LogP contribution in [0, 0.1) is 12.8 Å². The molecule has 0 aliphatic rings. The first-order valence-corrected chi connectivity index (χ1v) is 4.88. The third kappa shape index (κ3) is 3.10. The Bertz CT molecular complexity index is 276. The first-order chi connectivity index (χ1) is 6.09. The van der Waals surface area contributed by atoms with Crippen LogP contribution < -0.4 is 0 Å². The summed E-state index contributed by atoms with van der Waals surface area (Å²) >= 11 is 0. The van der Waals surface area contributed by atoms with Crippen molar-refractivity contribution in [2.75, 3.05) is 0 Å². The monoisotopic (exact) mass is 178 g/mol. The van der Waals surface area contributed by atoms with Crippen LogP contribution in [0.1, 0.15) is 31.4 Å². The second kappa shape index (κ2) is 4.31. The molecule has 0 fully saturated rings. The zero-order valence-corrected chi connectivity index (χ0v) is 8.67. The molecule has 1 nitrogen and oxygen atoms in total. The van der Waals surface area contributed by atoms with E-state index in [0.29, 0.717) is 5.75 Å². The SMILES string of the molecule is Cc1ccc(CCC(C)C)cc1O. The molecule has 0 atom stereocenters. The van der Waals surface area contributed by atoms with Gasteiger partial charge < -0.3 is 5.11 Å². The lowest BCUT2D eigenvalue weighted by molar-refractivity contribution is 0.469. The van der Waals surface area contributed by atoms with Crippen molar-refractivity contribution in [2.45, 2.75) is 33.6 Å². The Hall–Kier alpha value is -0.980. The van der Waals surface area contributed by atoms with Gasteiger partial charge in [0.15, 0.2) is 0 Å². The fourth-order valence-corrected chi connectivity index (χ4v) is 1.27. The van der Waals surface area contributed by atoms with Crippen molar-refractivity contribution in [2.24, 2.45) is 5.92 Å². The highest BCUT2D eigenvalue weighted by atomic mass is 16.3. The molecule has 0 heterocycles. The van der Waals surface area contributed by atoms with Gasteiger partial charge in [0, 0.05) is 0 Å². The number of phenolic OH excluding ortho intramolecular Hbond substituents is 1. The smallest absolute Gasteiger partial charge is 0.118 e. The van der Waals surface area contributed by atoms with E-state index in [1.165, 1.54) is 12.0 Å². The van der Waals surface area contributed by atoms with Crippen molar-refractivity contribution in [1.82, 2.24) is 0 Å². The summed E-state index contributed by atoms with van der Waals surface area (Å²) < 4.78 is 0. The van der Waals surface area contributed by atoms with Gasteiger partial charge in [-0.25, -0.2) is 0 Å². The summed E-state index contributed by atoms with van der Waals surface area (Å²) in [5.74, 6) is 1.14. The molecule has 13 heavy (non-hydrogen) atoms. The quantitative estimate of drug-likeness (QED) is 0.753. The Morgan fingerprint density at radius 3 is 2.54 bits per heavy atom. The summed E-state index contributed by atoms with van der Waals surface area (Å²) in [7, 11) is 0. The van der Waals surface area contributed by atoms with Gasteiger partial charge in [0.2, 0.25) is 0 Å². The molecule has 0 saturated heterocycles. The van der Waals surface area contributed by atoms with Crippen LogP contribution in [0.3, 0.4) is 0 Å². The van der Waals surface area contributed by atoms with Crippen LogP contribution in [-0.2, 0) is 6.42 Å². The molecular formula is C12H18O. The summed E-state index contributed by atoms with van der Waals surface area (Å²) in [5, 5.41) is 9.47. The van der Waals surface area contributed by atoms with Crippen LogP contribution in [-0.4, -0.2) is 5.11 Å². The Balaban J connectivity index is 2.63. The van der Waals surface area contributed by atoms with Gasteiger partial charge in [0.25, 0.3) is 0 Å². The van der Waals surface area contributed by atoms with E-state index < -0.39 is 0 Å². The maximum atomic E-state index is 9.47. The molecule has 1 aromatic rings. The third-order valence-corrected chi connectivity index (χ3v) is 2.28. The first-order valence-electron chi connectivity index (χ1n) is 4.88. The predicted molar refractivity (Wildman–Crippen MR) is 56.0 cm³/mol. The Labute approximate surface area is 80.4 Å². The van der Waals surface area contributed by atoms with Crippen LogP contribution in [0.2, 0.25) is 0 Å². The van der Waals surface area contributed by atoms with Crippen molar-refractivity contribution < 1.29 is 5.11 Å². The average molecular weight is 178 g/mol. The fraction of sp³-hybridized carbons (Fsp3) is 0.500. The van der Waals surface area contributed by atoms with Crippen molar-refractivity contribution in [1.29, 1.82) is 0 Å². The number of aromatic hydroxyl groups is 1. The standard InChI is InChI=1S/C12H18O/c1-9(2)4-6-11-7-5-10(3)12(13)8-11/h5,7-9,13H,4,6H2,1-3H3. The van der Waals surface area contributed by atoms with Gasteiger partial charge >= 0.3 is 0 Å². The van der Waals surface area contributed by atoms with E-state index in [4.69, 9.17) is 0 Å². The average Bonchev–Trinajstić information content (AvgIpc) is 2.07. The molecule has 0 bridgehead atoms. The second-order valence-electron chi connectivity index (χ2n) is 4.05. The molecular weight excluding hydrogens is 160 g/mol. The van der Waals surface area contributed by atoms with Crippen LogP contribution in [0.5, 0.6) is 5.75 Å². The van der Waals surface area contributed by atoms with Gasteiger partial charge in [-0.1, -0.05) is 26.0 Å². The highest BCUT2D eigenvalue weighted by Gasteiger charge is 1.99. The van der Waals surface area contributed by atoms with Gasteiger partial charge in [-0.3, -0.25) is 0 Å². The van der Waals surface area contributed by atoms with Crippen LogP contribution in [0.15, 0.2) is 18.2 Å². The molecule has 72 valence electrons. The molecule has 0 aliphatic heterocycles. The van der Waals surface area contributed by atoms with E-state index in [1.54, 1.807) is 0 Å². The fourth-order valence-electron chi connectivity index (χ4n) is 1.27.